The van der Waals surface area contributed by atoms with Crippen LogP contribution in [0.4, 0.5) is 0 Å². The lowest BCUT2D eigenvalue weighted by atomic mass is 9.88. The van der Waals surface area contributed by atoms with Crippen molar-refractivity contribution >= 4 is 17.8 Å². The minimum atomic E-state index is -1.43. The monoisotopic (exact) mass is 288 g/mol. The summed E-state index contributed by atoms with van der Waals surface area (Å²) in [5, 5.41) is 9.72. The molecule has 2 heterocycles. The Morgan fingerprint density at radius 1 is 1.14 bits per heavy atom. The van der Waals surface area contributed by atoms with E-state index in [0.29, 0.717) is 25.7 Å². The molecule has 1 aromatic heterocycles. The number of imide groups is 1. The molecule has 3 rings (SSSR count). The summed E-state index contributed by atoms with van der Waals surface area (Å²) in [6, 6.07) is 3.10. The fourth-order valence-corrected chi connectivity index (χ4v) is 3.30. The van der Waals surface area contributed by atoms with Crippen LogP contribution in [0.2, 0.25) is 0 Å². The maximum absolute atomic E-state index is 12.5. The largest absolute Gasteiger partial charge is 0.479 e. The minimum absolute atomic E-state index is 0.0624. The second-order valence-corrected chi connectivity index (χ2v) is 5.60. The summed E-state index contributed by atoms with van der Waals surface area (Å²) in [5.74, 6) is -2.22. The summed E-state index contributed by atoms with van der Waals surface area (Å²) in [6.07, 6.45) is 5.32. The van der Waals surface area contributed by atoms with Crippen LogP contribution in [-0.4, -0.2) is 38.3 Å². The van der Waals surface area contributed by atoms with Crippen LogP contribution in [0, 0.1) is 0 Å². The number of amides is 2. The summed E-state index contributed by atoms with van der Waals surface area (Å²) in [4.78, 5) is 41.8. The van der Waals surface area contributed by atoms with Gasteiger partial charge in [0.15, 0.2) is 0 Å². The quantitative estimate of drug-likeness (QED) is 0.663. The molecule has 0 aromatic carbocycles. The van der Waals surface area contributed by atoms with E-state index in [1.165, 1.54) is 12.3 Å². The molecule has 0 radical (unpaired) electrons. The fourth-order valence-electron chi connectivity index (χ4n) is 3.30. The minimum Gasteiger partial charge on any atom is -0.479 e. The number of rotatable bonds is 2. The molecular weight excluding hydrogens is 272 g/mol. The summed E-state index contributed by atoms with van der Waals surface area (Å²) in [7, 11) is 0. The number of carboxylic acid groups (broad SMARTS) is 1. The molecule has 0 unspecified atom stereocenters. The number of carbonyl (C=O) groups excluding carboxylic acids is 2. The van der Waals surface area contributed by atoms with Gasteiger partial charge < -0.3 is 5.11 Å². The molecule has 0 bridgehead atoms. The third-order valence-electron chi connectivity index (χ3n) is 4.40. The van der Waals surface area contributed by atoms with E-state index < -0.39 is 23.3 Å². The maximum atomic E-state index is 12.5. The normalized spacial score (nSPS) is 21.0. The van der Waals surface area contributed by atoms with Crippen molar-refractivity contribution in [2.24, 2.45) is 0 Å². The Morgan fingerprint density at radius 3 is 2.38 bits per heavy atom. The zero-order chi connectivity index (χ0) is 15.0. The molecule has 21 heavy (non-hydrogen) atoms. The molecule has 110 valence electrons. The van der Waals surface area contributed by atoms with Crippen LogP contribution in [0.1, 0.15) is 59.4 Å². The number of carboxylic acids is 1. The predicted octanol–water partition coefficient (Wildman–Crippen LogP) is 1.86. The van der Waals surface area contributed by atoms with Gasteiger partial charge in [-0.05, 0) is 25.0 Å². The van der Waals surface area contributed by atoms with Gasteiger partial charge in [0.1, 0.15) is 11.2 Å². The van der Waals surface area contributed by atoms with Crippen LogP contribution in [0.5, 0.6) is 0 Å². The Labute approximate surface area is 121 Å². The predicted molar refractivity (Wildman–Crippen MR) is 72.8 cm³/mol. The van der Waals surface area contributed by atoms with Crippen LogP contribution >= 0.6 is 0 Å². The van der Waals surface area contributed by atoms with Crippen molar-refractivity contribution in [3.8, 4) is 0 Å². The van der Waals surface area contributed by atoms with E-state index in [-0.39, 0.29) is 11.3 Å². The van der Waals surface area contributed by atoms with Gasteiger partial charge in [-0.15, -0.1) is 0 Å². The molecule has 1 aromatic rings. The Morgan fingerprint density at radius 2 is 1.81 bits per heavy atom. The highest BCUT2D eigenvalue weighted by Crippen LogP contribution is 2.37. The number of pyridine rings is 1. The van der Waals surface area contributed by atoms with Crippen LogP contribution in [0.3, 0.4) is 0 Å². The number of aliphatic carboxylic acids is 1. The molecule has 2 aliphatic rings. The van der Waals surface area contributed by atoms with Crippen molar-refractivity contribution in [3.05, 3.63) is 29.6 Å². The van der Waals surface area contributed by atoms with Gasteiger partial charge in [-0.25, -0.2) is 4.79 Å². The third-order valence-corrected chi connectivity index (χ3v) is 4.40. The van der Waals surface area contributed by atoms with Crippen molar-refractivity contribution in [3.63, 3.8) is 0 Å². The molecule has 0 saturated heterocycles. The van der Waals surface area contributed by atoms with E-state index in [1.807, 2.05) is 0 Å². The molecule has 2 amide bonds. The lowest BCUT2D eigenvalue weighted by Gasteiger charge is -2.35. The van der Waals surface area contributed by atoms with Gasteiger partial charge in [0.25, 0.3) is 11.8 Å². The van der Waals surface area contributed by atoms with Crippen LogP contribution in [-0.2, 0) is 4.79 Å². The molecular formula is C15H16N2O4. The van der Waals surface area contributed by atoms with Crippen LogP contribution in [0.25, 0.3) is 0 Å². The number of nitrogens with zero attached hydrogens (tertiary/aromatic N) is 2. The first-order valence-electron chi connectivity index (χ1n) is 7.15. The van der Waals surface area contributed by atoms with Gasteiger partial charge in [-0.2, -0.15) is 0 Å². The highest BCUT2D eigenvalue weighted by atomic mass is 16.4. The van der Waals surface area contributed by atoms with E-state index in [1.54, 1.807) is 6.07 Å². The number of hydrogen-bond donors (Lipinski definition) is 1. The average molecular weight is 288 g/mol. The molecule has 0 atom stereocenters. The second-order valence-electron chi connectivity index (χ2n) is 5.60. The summed E-state index contributed by atoms with van der Waals surface area (Å²) < 4.78 is 0. The van der Waals surface area contributed by atoms with E-state index in [0.717, 1.165) is 17.7 Å². The van der Waals surface area contributed by atoms with Crippen molar-refractivity contribution < 1.29 is 19.5 Å². The SMILES string of the molecule is O=C1c2cccnc2C(=O)N1C1(C(=O)O)CCCCCC1. The lowest BCUT2D eigenvalue weighted by Crippen LogP contribution is -2.57. The van der Waals surface area contributed by atoms with Gasteiger partial charge in [0.05, 0.1) is 5.56 Å². The molecule has 1 saturated carbocycles. The Bertz CT molecular complexity index is 583. The van der Waals surface area contributed by atoms with E-state index >= 15 is 0 Å². The maximum Gasteiger partial charge on any atom is 0.330 e. The molecule has 6 nitrogen and oxygen atoms in total. The second kappa shape index (κ2) is 4.95. The first-order chi connectivity index (χ1) is 10.1. The molecule has 1 aliphatic heterocycles. The van der Waals surface area contributed by atoms with Crippen LogP contribution < -0.4 is 0 Å². The third kappa shape index (κ3) is 1.93. The topological polar surface area (TPSA) is 87.6 Å². The number of hydrogen-bond acceptors (Lipinski definition) is 4. The first-order valence-corrected chi connectivity index (χ1v) is 7.15. The van der Waals surface area contributed by atoms with Crippen molar-refractivity contribution in [2.45, 2.75) is 44.1 Å². The van der Waals surface area contributed by atoms with Gasteiger partial charge in [-0.3, -0.25) is 19.5 Å². The first kappa shape index (κ1) is 13.7. The highest BCUT2D eigenvalue weighted by Gasteiger charge is 2.54. The number of fused-ring (bicyclic) bond motifs is 1. The Balaban J connectivity index is 2.08. The number of carbonyl (C=O) groups is 3. The summed E-state index contributed by atoms with van der Waals surface area (Å²) in [5.41, 5.74) is -1.16. The Kier molecular flexibility index (Phi) is 3.23. The van der Waals surface area contributed by atoms with Crippen LogP contribution in [0.15, 0.2) is 18.3 Å². The lowest BCUT2D eigenvalue weighted by molar-refractivity contribution is -0.149. The fraction of sp³-hybridized carbons (Fsp3) is 0.467. The molecule has 0 spiro atoms. The van der Waals surface area contributed by atoms with Crippen molar-refractivity contribution in [1.29, 1.82) is 0 Å². The van der Waals surface area contributed by atoms with Gasteiger partial charge in [-0.1, -0.05) is 25.7 Å². The highest BCUT2D eigenvalue weighted by molar-refractivity contribution is 6.22. The van der Waals surface area contributed by atoms with Gasteiger partial charge in [0, 0.05) is 6.20 Å². The molecule has 1 N–H and O–H groups in total. The van der Waals surface area contributed by atoms with E-state index in [4.69, 9.17) is 0 Å². The zero-order valence-electron chi connectivity index (χ0n) is 11.5. The van der Waals surface area contributed by atoms with Crippen molar-refractivity contribution in [2.75, 3.05) is 0 Å². The van der Waals surface area contributed by atoms with E-state index in [2.05, 4.69) is 4.98 Å². The van der Waals surface area contributed by atoms with Crippen molar-refractivity contribution in [1.82, 2.24) is 9.88 Å². The smallest absolute Gasteiger partial charge is 0.330 e. The standard InChI is InChI=1S/C15H16N2O4/c18-12-10-6-5-9-16-11(10)13(19)17(12)15(14(20)21)7-3-1-2-4-8-15/h5-6,9H,1-4,7-8H2,(H,20,21). The molecule has 6 heteroatoms. The summed E-state index contributed by atoms with van der Waals surface area (Å²) in [6.45, 7) is 0. The molecule has 1 fully saturated rings. The average Bonchev–Trinajstić information content (AvgIpc) is 2.67. The summed E-state index contributed by atoms with van der Waals surface area (Å²) >= 11 is 0. The van der Waals surface area contributed by atoms with E-state index in [9.17, 15) is 19.5 Å². The number of aromatic nitrogens is 1. The zero-order valence-corrected chi connectivity index (χ0v) is 11.5. The van der Waals surface area contributed by atoms with Gasteiger partial charge >= 0.3 is 5.97 Å². The van der Waals surface area contributed by atoms with Gasteiger partial charge in [0.2, 0.25) is 0 Å². The Hall–Kier alpha value is -2.24. The molecule has 1 aliphatic carbocycles.